The molecule has 0 spiro atoms. The summed E-state index contributed by atoms with van der Waals surface area (Å²) in [5, 5.41) is 10.3. The third kappa shape index (κ3) is 5.11. The molecule has 14 heavy (non-hydrogen) atoms. The second kappa shape index (κ2) is 6.58. The van der Waals surface area contributed by atoms with Crippen LogP contribution in [0.1, 0.15) is 26.7 Å². The molecule has 0 atom stereocenters. The Hall–Kier alpha value is 0.120. The Balaban J connectivity index is 0. The Kier molecular flexibility index (Phi) is 7.77. The molecule has 1 N–H and O–H groups in total. The molecule has 0 aliphatic carbocycles. The van der Waals surface area contributed by atoms with E-state index in [4.69, 9.17) is 4.55 Å². The first-order valence-corrected chi connectivity index (χ1v) is 5.13. The van der Waals surface area contributed by atoms with Crippen LogP contribution in [-0.2, 0) is 14.9 Å². The van der Waals surface area contributed by atoms with E-state index in [0.717, 1.165) is 6.92 Å². The van der Waals surface area contributed by atoms with E-state index in [-0.39, 0.29) is 36.0 Å². The van der Waals surface area contributed by atoms with Gasteiger partial charge in [0, 0.05) is 0 Å². The zero-order valence-electron chi connectivity index (χ0n) is 8.40. The number of allylic oxidation sites excluding steroid dienone is 1. The first-order chi connectivity index (χ1) is 5.80. The minimum absolute atomic E-state index is 0. The van der Waals surface area contributed by atoms with Crippen molar-refractivity contribution in [1.82, 2.24) is 0 Å². The van der Waals surface area contributed by atoms with Crippen molar-refractivity contribution >= 4 is 16.1 Å². The molecule has 0 unspecified atom stereocenters. The molecule has 0 rings (SSSR count). The van der Waals surface area contributed by atoms with E-state index in [1.807, 2.05) is 0 Å². The summed E-state index contributed by atoms with van der Waals surface area (Å²) in [4.78, 5) is 9.84. The number of carboxylic acids is 1. The third-order valence-corrected chi connectivity index (χ3v) is 2.65. The van der Waals surface area contributed by atoms with Crippen LogP contribution in [0.15, 0.2) is 10.5 Å². The second-order valence-electron chi connectivity index (χ2n) is 2.56. The van der Waals surface area contributed by atoms with Gasteiger partial charge in [0.05, 0.1) is 10.9 Å². The maximum Gasteiger partial charge on any atom is 1.00 e. The van der Waals surface area contributed by atoms with Crippen LogP contribution < -0.4 is 34.7 Å². The molecule has 0 aliphatic rings. The molecule has 0 saturated heterocycles. The first-order valence-electron chi connectivity index (χ1n) is 3.69. The Morgan fingerprint density at radius 2 is 1.86 bits per heavy atom. The van der Waals surface area contributed by atoms with Crippen LogP contribution in [-0.4, -0.2) is 18.9 Å². The van der Waals surface area contributed by atoms with E-state index in [0.29, 0.717) is 6.42 Å². The fourth-order valence-corrected chi connectivity index (χ4v) is 1.78. The number of carbonyl (C=O) groups excluding carboxylic acids is 1. The van der Waals surface area contributed by atoms with E-state index >= 15 is 0 Å². The summed E-state index contributed by atoms with van der Waals surface area (Å²) in [7, 11) is -4.41. The SMILES string of the molecule is CCC/C(=C(/C)C(=O)[O-])S(=O)(=O)O.[Na+]. The van der Waals surface area contributed by atoms with Gasteiger partial charge >= 0.3 is 29.6 Å². The number of carbonyl (C=O) groups is 1. The summed E-state index contributed by atoms with van der Waals surface area (Å²) in [6.45, 7) is 2.77. The molecule has 0 aromatic rings. The van der Waals surface area contributed by atoms with Gasteiger partial charge in [-0.2, -0.15) is 8.42 Å². The maximum absolute atomic E-state index is 10.7. The number of hydrogen-bond acceptors (Lipinski definition) is 4. The van der Waals surface area contributed by atoms with Crippen LogP contribution >= 0.6 is 0 Å². The normalized spacial score (nSPS) is 12.8. The minimum Gasteiger partial charge on any atom is -0.545 e. The van der Waals surface area contributed by atoms with Gasteiger partial charge < -0.3 is 9.90 Å². The number of aliphatic carboxylic acids is 1. The minimum atomic E-state index is -4.41. The van der Waals surface area contributed by atoms with Crippen LogP contribution in [0.2, 0.25) is 0 Å². The van der Waals surface area contributed by atoms with Crippen molar-refractivity contribution in [3.05, 3.63) is 10.5 Å². The number of rotatable bonds is 4. The van der Waals surface area contributed by atoms with E-state index < -0.39 is 26.6 Å². The van der Waals surface area contributed by atoms with E-state index in [1.54, 1.807) is 6.92 Å². The van der Waals surface area contributed by atoms with Gasteiger partial charge in [0.15, 0.2) is 0 Å². The molecule has 0 heterocycles. The van der Waals surface area contributed by atoms with E-state index in [1.165, 1.54) is 0 Å². The number of hydrogen-bond donors (Lipinski definition) is 1. The first kappa shape index (κ1) is 16.5. The standard InChI is InChI=1S/C7H12O5S.Na/c1-3-4-6(13(10,11)12)5(2)7(8)9;/h3-4H2,1-2H3,(H,8,9)(H,10,11,12);/q;+1/p-1/b6-5+;. The molecule has 0 bridgehead atoms. The molecule has 0 saturated carbocycles. The van der Waals surface area contributed by atoms with Crippen LogP contribution in [0.3, 0.4) is 0 Å². The molecule has 0 aliphatic heterocycles. The average Bonchev–Trinajstić information content (AvgIpc) is 1.96. The molecule has 5 nitrogen and oxygen atoms in total. The van der Waals surface area contributed by atoms with Crippen molar-refractivity contribution in [2.24, 2.45) is 0 Å². The fraction of sp³-hybridized carbons (Fsp3) is 0.571. The summed E-state index contributed by atoms with van der Waals surface area (Å²) in [6.07, 6.45) is 0.429. The summed E-state index contributed by atoms with van der Waals surface area (Å²) in [5.74, 6) is -1.58. The van der Waals surface area contributed by atoms with Crippen molar-refractivity contribution < 1.29 is 52.4 Å². The van der Waals surface area contributed by atoms with Gasteiger partial charge in [-0.15, -0.1) is 0 Å². The Morgan fingerprint density at radius 1 is 1.43 bits per heavy atom. The van der Waals surface area contributed by atoms with Crippen molar-refractivity contribution in [3.63, 3.8) is 0 Å². The number of carboxylic acid groups (broad SMARTS) is 1. The largest absolute Gasteiger partial charge is 1.00 e. The second-order valence-corrected chi connectivity index (χ2v) is 4.00. The van der Waals surface area contributed by atoms with Crippen molar-refractivity contribution in [2.75, 3.05) is 0 Å². The maximum atomic E-state index is 10.7. The van der Waals surface area contributed by atoms with Gasteiger partial charge in [0.2, 0.25) is 0 Å². The Bertz CT molecular complexity index is 330. The fourth-order valence-electron chi connectivity index (χ4n) is 0.851. The molecule has 0 fully saturated rings. The zero-order chi connectivity index (χ0) is 10.6. The van der Waals surface area contributed by atoms with Gasteiger partial charge in [0.25, 0.3) is 10.1 Å². The topological polar surface area (TPSA) is 94.5 Å². The molecular formula is C7H11NaO5S. The van der Waals surface area contributed by atoms with E-state index in [9.17, 15) is 18.3 Å². The summed E-state index contributed by atoms with van der Waals surface area (Å²) in [6, 6.07) is 0. The predicted molar refractivity (Wildman–Crippen MR) is 44.2 cm³/mol. The molecule has 0 radical (unpaired) electrons. The Morgan fingerprint density at radius 3 is 2.07 bits per heavy atom. The van der Waals surface area contributed by atoms with Crippen LogP contribution in [0, 0.1) is 0 Å². The van der Waals surface area contributed by atoms with Crippen LogP contribution in [0.5, 0.6) is 0 Å². The van der Waals surface area contributed by atoms with Gasteiger partial charge in [-0.3, -0.25) is 4.55 Å². The predicted octanol–water partition coefficient (Wildman–Crippen LogP) is -3.30. The van der Waals surface area contributed by atoms with Gasteiger partial charge in [-0.05, 0) is 18.9 Å². The zero-order valence-corrected chi connectivity index (χ0v) is 11.2. The van der Waals surface area contributed by atoms with E-state index in [2.05, 4.69) is 0 Å². The molecular weight excluding hydrogens is 219 g/mol. The molecule has 0 amide bonds. The monoisotopic (exact) mass is 230 g/mol. The summed E-state index contributed by atoms with van der Waals surface area (Å²) < 4.78 is 30.0. The quantitative estimate of drug-likeness (QED) is 0.310. The van der Waals surface area contributed by atoms with Crippen LogP contribution in [0.4, 0.5) is 0 Å². The van der Waals surface area contributed by atoms with Gasteiger partial charge in [0.1, 0.15) is 0 Å². The van der Waals surface area contributed by atoms with Crippen molar-refractivity contribution in [2.45, 2.75) is 26.7 Å². The van der Waals surface area contributed by atoms with Crippen LogP contribution in [0.25, 0.3) is 0 Å². The van der Waals surface area contributed by atoms with Gasteiger partial charge in [-0.1, -0.05) is 13.3 Å². The average molecular weight is 230 g/mol. The van der Waals surface area contributed by atoms with Gasteiger partial charge in [-0.25, -0.2) is 0 Å². The smallest absolute Gasteiger partial charge is 0.545 e. The van der Waals surface area contributed by atoms with Crippen molar-refractivity contribution in [3.8, 4) is 0 Å². The van der Waals surface area contributed by atoms with Crippen molar-refractivity contribution in [1.29, 1.82) is 0 Å². The summed E-state index contributed by atoms with van der Waals surface area (Å²) in [5.41, 5.74) is -0.440. The molecule has 7 heteroatoms. The summed E-state index contributed by atoms with van der Waals surface area (Å²) >= 11 is 0. The molecule has 0 aromatic heterocycles. The Labute approximate surface area is 105 Å². The molecule has 76 valence electrons. The molecule has 0 aromatic carbocycles. The third-order valence-electron chi connectivity index (χ3n) is 1.51.